The summed E-state index contributed by atoms with van der Waals surface area (Å²) in [6.45, 7) is 0. The summed E-state index contributed by atoms with van der Waals surface area (Å²) in [6.07, 6.45) is 0. The Morgan fingerprint density at radius 2 is 0.726 bits per heavy atom. The molecule has 0 N–H and O–H groups in total. The van der Waals surface area contributed by atoms with Gasteiger partial charge in [0.15, 0.2) is 0 Å². The van der Waals surface area contributed by atoms with E-state index in [4.69, 9.17) is 4.42 Å². The van der Waals surface area contributed by atoms with Crippen molar-refractivity contribution >= 4 is 39.0 Å². The first-order chi connectivity index (χ1) is 30.7. The standard InChI is InChI=1S/C60H41NO/c1-5-16-42(17-6-1)45-28-30-46(31-29-45)47-32-35-52(36-33-47)61(53-25-15-24-49(38-53)43-18-7-2-8-19-43)57-40-50(44-20-9-3-10-21-44)34-37-54(57)51-39-56(48-22-11-4-12-23-48)60-55-26-13-14-27-58(55)62-59(60)41-51/h1-41H. The Kier molecular flexibility index (Phi) is 9.57. The molecule has 10 aromatic carbocycles. The van der Waals surface area contributed by atoms with Gasteiger partial charge in [0, 0.05) is 27.7 Å². The second-order valence-corrected chi connectivity index (χ2v) is 15.7. The minimum absolute atomic E-state index is 0.862. The Morgan fingerprint density at radius 3 is 1.34 bits per heavy atom. The van der Waals surface area contributed by atoms with Gasteiger partial charge in [0.2, 0.25) is 0 Å². The molecule has 0 saturated heterocycles. The molecule has 0 atom stereocenters. The highest BCUT2D eigenvalue weighted by molar-refractivity contribution is 6.14. The fourth-order valence-corrected chi connectivity index (χ4v) is 8.80. The molecular formula is C60H41NO. The molecule has 1 heterocycles. The number of rotatable bonds is 9. The predicted octanol–water partition coefficient (Wildman–Crippen LogP) is 17.1. The lowest BCUT2D eigenvalue weighted by molar-refractivity contribution is 0.669. The summed E-state index contributed by atoms with van der Waals surface area (Å²) in [5, 5.41) is 2.24. The number of anilines is 3. The van der Waals surface area contributed by atoms with Crippen LogP contribution in [-0.2, 0) is 0 Å². The topological polar surface area (TPSA) is 16.4 Å². The maximum absolute atomic E-state index is 6.68. The summed E-state index contributed by atoms with van der Waals surface area (Å²) in [6, 6.07) is 89.1. The van der Waals surface area contributed by atoms with E-state index < -0.39 is 0 Å². The number of hydrogen-bond donors (Lipinski definition) is 0. The molecular weight excluding hydrogens is 751 g/mol. The first-order valence-electron chi connectivity index (χ1n) is 21.2. The van der Waals surface area contributed by atoms with E-state index in [2.05, 4.69) is 248 Å². The van der Waals surface area contributed by atoms with Gasteiger partial charge in [-0.3, -0.25) is 0 Å². The van der Waals surface area contributed by atoms with Gasteiger partial charge < -0.3 is 9.32 Å². The van der Waals surface area contributed by atoms with Crippen molar-refractivity contribution in [1.29, 1.82) is 0 Å². The van der Waals surface area contributed by atoms with Crippen molar-refractivity contribution in [3.8, 4) is 66.8 Å². The van der Waals surface area contributed by atoms with Gasteiger partial charge in [-0.25, -0.2) is 0 Å². The molecule has 0 bridgehead atoms. The Morgan fingerprint density at radius 1 is 0.258 bits per heavy atom. The van der Waals surface area contributed by atoms with Gasteiger partial charge in [-0.1, -0.05) is 200 Å². The van der Waals surface area contributed by atoms with Gasteiger partial charge in [0.25, 0.3) is 0 Å². The van der Waals surface area contributed by atoms with Gasteiger partial charge >= 0.3 is 0 Å². The minimum atomic E-state index is 0.862. The normalized spacial score (nSPS) is 11.2. The van der Waals surface area contributed by atoms with Crippen LogP contribution in [0, 0.1) is 0 Å². The van der Waals surface area contributed by atoms with E-state index in [0.29, 0.717) is 0 Å². The number of fused-ring (bicyclic) bond motifs is 3. The van der Waals surface area contributed by atoms with Crippen LogP contribution in [0.4, 0.5) is 17.1 Å². The van der Waals surface area contributed by atoms with E-state index in [1.807, 2.05) is 6.07 Å². The summed E-state index contributed by atoms with van der Waals surface area (Å²) in [5.74, 6) is 0. The number of benzene rings is 10. The van der Waals surface area contributed by atoms with Crippen molar-refractivity contribution in [2.45, 2.75) is 0 Å². The maximum Gasteiger partial charge on any atom is 0.136 e. The molecule has 2 nitrogen and oxygen atoms in total. The summed E-state index contributed by atoms with van der Waals surface area (Å²) >= 11 is 0. The van der Waals surface area contributed by atoms with E-state index in [0.717, 1.165) is 83.5 Å². The largest absolute Gasteiger partial charge is 0.456 e. The molecule has 11 rings (SSSR count). The lowest BCUT2D eigenvalue weighted by Gasteiger charge is -2.29. The van der Waals surface area contributed by atoms with Crippen molar-refractivity contribution in [2.75, 3.05) is 4.90 Å². The molecule has 11 aromatic rings. The van der Waals surface area contributed by atoms with Crippen LogP contribution in [0.15, 0.2) is 253 Å². The Bertz CT molecular complexity index is 3300. The van der Waals surface area contributed by atoms with Gasteiger partial charge in [-0.05, 0) is 110 Å². The average molecular weight is 792 g/mol. The summed E-state index contributed by atoms with van der Waals surface area (Å²) in [5.41, 5.74) is 18.7. The molecule has 0 spiro atoms. The van der Waals surface area contributed by atoms with Crippen molar-refractivity contribution in [3.63, 3.8) is 0 Å². The molecule has 2 heteroatoms. The van der Waals surface area contributed by atoms with Crippen molar-refractivity contribution in [1.82, 2.24) is 0 Å². The summed E-state index contributed by atoms with van der Waals surface area (Å²) < 4.78 is 6.68. The van der Waals surface area contributed by atoms with Crippen molar-refractivity contribution in [2.24, 2.45) is 0 Å². The number of hydrogen-bond acceptors (Lipinski definition) is 2. The van der Waals surface area contributed by atoms with Crippen LogP contribution in [0.25, 0.3) is 88.7 Å². The third-order valence-corrected chi connectivity index (χ3v) is 11.9. The molecule has 0 aliphatic heterocycles. The monoisotopic (exact) mass is 791 g/mol. The third-order valence-electron chi connectivity index (χ3n) is 11.9. The highest BCUT2D eigenvalue weighted by Crippen LogP contribution is 2.47. The smallest absolute Gasteiger partial charge is 0.136 e. The van der Waals surface area contributed by atoms with Crippen LogP contribution in [0.2, 0.25) is 0 Å². The molecule has 0 amide bonds. The molecule has 0 saturated carbocycles. The van der Waals surface area contributed by atoms with E-state index >= 15 is 0 Å². The zero-order chi connectivity index (χ0) is 41.2. The molecule has 0 aliphatic rings. The minimum Gasteiger partial charge on any atom is -0.456 e. The van der Waals surface area contributed by atoms with Crippen molar-refractivity contribution in [3.05, 3.63) is 249 Å². The second-order valence-electron chi connectivity index (χ2n) is 15.7. The molecule has 0 fully saturated rings. The highest BCUT2D eigenvalue weighted by Gasteiger charge is 2.22. The lowest BCUT2D eigenvalue weighted by Crippen LogP contribution is -2.11. The molecule has 62 heavy (non-hydrogen) atoms. The fraction of sp³-hybridized carbons (Fsp3) is 0. The van der Waals surface area contributed by atoms with E-state index in [-0.39, 0.29) is 0 Å². The van der Waals surface area contributed by atoms with Crippen LogP contribution in [0.3, 0.4) is 0 Å². The molecule has 0 unspecified atom stereocenters. The second kappa shape index (κ2) is 16.1. The summed E-state index contributed by atoms with van der Waals surface area (Å²) in [4.78, 5) is 2.42. The molecule has 1 aromatic heterocycles. The zero-order valence-corrected chi connectivity index (χ0v) is 34.0. The number of para-hydroxylation sites is 1. The molecule has 0 radical (unpaired) electrons. The Labute approximate surface area is 362 Å². The van der Waals surface area contributed by atoms with Gasteiger partial charge in [-0.2, -0.15) is 0 Å². The van der Waals surface area contributed by atoms with Gasteiger partial charge in [0.05, 0.1) is 5.69 Å². The van der Waals surface area contributed by atoms with Crippen LogP contribution in [-0.4, -0.2) is 0 Å². The van der Waals surface area contributed by atoms with Crippen LogP contribution >= 0.6 is 0 Å². The van der Waals surface area contributed by atoms with Crippen molar-refractivity contribution < 1.29 is 4.42 Å². The third kappa shape index (κ3) is 7.04. The van der Waals surface area contributed by atoms with E-state index in [9.17, 15) is 0 Å². The van der Waals surface area contributed by atoms with E-state index in [1.54, 1.807) is 0 Å². The lowest BCUT2D eigenvalue weighted by atomic mass is 9.92. The van der Waals surface area contributed by atoms with Crippen LogP contribution in [0.1, 0.15) is 0 Å². The average Bonchev–Trinajstić information content (AvgIpc) is 3.74. The van der Waals surface area contributed by atoms with Gasteiger partial charge in [-0.15, -0.1) is 0 Å². The quantitative estimate of drug-likeness (QED) is 0.145. The van der Waals surface area contributed by atoms with Crippen LogP contribution in [0.5, 0.6) is 0 Å². The first-order valence-corrected chi connectivity index (χ1v) is 21.2. The highest BCUT2D eigenvalue weighted by atomic mass is 16.3. The van der Waals surface area contributed by atoms with Gasteiger partial charge in [0.1, 0.15) is 11.2 Å². The maximum atomic E-state index is 6.68. The Hall–Kier alpha value is -8.20. The van der Waals surface area contributed by atoms with E-state index in [1.165, 1.54) is 22.3 Å². The summed E-state index contributed by atoms with van der Waals surface area (Å²) in [7, 11) is 0. The molecule has 292 valence electrons. The first kappa shape index (κ1) is 36.8. The fourth-order valence-electron chi connectivity index (χ4n) is 8.80. The number of nitrogens with zero attached hydrogens (tertiary/aromatic N) is 1. The SMILES string of the molecule is c1ccc(-c2ccc(-c3ccc(N(c4cccc(-c5ccccc5)c4)c4cc(-c5ccccc5)ccc4-c4cc(-c5ccccc5)c5c(c4)oc4ccccc45)cc3)cc2)cc1. The predicted molar refractivity (Wildman–Crippen MR) is 261 cm³/mol. The number of furan rings is 1. The molecule has 0 aliphatic carbocycles. The zero-order valence-electron chi connectivity index (χ0n) is 34.0. The Balaban J connectivity index is 1.12. The van der Waals surface area contributed by atoms with Crippen LogP contribution < -0.4 is 4.90 Å².